The van der Waals surface area contributed by atoms with Crippen LogP contribution < -0.4 is 10.2 Å². The predicted octanol–water partition coefficient (Wildman–Crippen LogP) is 3.77. The molecule has 1 N–H and O–H groups in total. The molecule has 6 heteroatoms. The SMILES string of the molecule is Cc1ccc(/C=C2/Sc3ccccc3N(CC(=O)NC[C@H]3CCCO3)C2=O)cc1. The summed E-state index contributed by atoms with van der Waals surface area (Å²) < 4.78 is 5.55. The molecule has 29 heavy (non-hydrogen) atoms. The fraction of sp³-hybridized carbons (Fsp3) is 0.304. The van der Waals surface area contributed by atoms with Gasteiger partial charge >= 0.3 is 0 Å². The van der Waals surface area contributed by atoms with Gasteiger partial charge in [0.1, 0.15) is 6.54 Å². The van der Waals surface area contributed by atoms with Gasteiger partial charge in [-0.05, 0) is 43.5 Å². The predicted molar refractivity (Wildman–Crippen MR) is 116 cm³/mol. The zero-order valence-electron chi connectivity index (χ0n) is 16.4. The summed E-state index contributed by atoms with van der Waals surface area (Å²) in [5.41, 5.74) is 2.91. The Morgan fingerprint density at radius 2 is 2.03 bits per heavy atom. The van der Waals surface area contributed by atoms with E-state index in [-0.39, 0.29) is 24.5 Å². The number of ether oxygens (including phenoxy) is 1. The van der Waals surface area contributed by atoms with Gasteiger partial charge in [-0.2, -0.15) is 0 Å². The second-order valence-corrected chi connectivity index (χ2v) is 8.40. The molecule has 2 aliphatic heterocycles. The van der Waals surface area contributed by atoms with Crippen molar-refractivity contribution in [2.75, 3.05) is 24.6 Å². The minimum atomic E-state index is -0.176. The Morgan fingerprint density at radius 3 is 2.79 bits per heavy atom. The second-order valence-electron chi connectivity index (χ2n) is 7.32. The highest BCUT2D eigenvalue weighted by molar-refractivity contribution is 8.04. The number of carbonyl (C=O) groups is 2. The highest BCUT2D eigenvalue weighted by Crippen LogP contribution is 2.41. The first-order valence-corrected chi connectivity index (χ1v) is 10.7. The first-order valence-electron chi connectivity index (χ1n) is 9.85. The number of rotatable bonds is 5. The maximum absolute atomic E-state index is 13.2. The van der Waals surface area contributed by atoms with Gasteiger partial charge in [0.15, 0.2) is 0 Å². The topological polar surface area (TPSA) is 58.6 Å². The molecule has 1 fully saturated rings. The third-order valence-corrected chi connectivity index (χ3v) is 6.14. The molecular weight excluding hydrogens is 384 g/mol. The van der Waals surface area contributed by atoms with E-state index in [9.17, 15) is 9.59 Å². The number of thioether (sulfide) groups is 1. The Balaban J connectivity index is 1.53. The molecule has 2 aromatic carbocycles. The van der Waals surface area contributed by atoms with E-state index < -0.39 is 0 Å². The van der Waals surface area contributed by atoms with Gasteiger partial charge in [-0.3, -0.25) is 14.5 Å². The number of aryl methyl sites for hydroxylation is 1. The monoisotopic (exact) mass is 408 g/mol. The van der Waals surface area contributed by atoms with Gasteiger partial charge in [0.2, 0.25) is 5.91 Å². The van der Waals surface area contributed by atoms with Crippen molar-refractivity contribution < 1.29 is 14.3 Å². The van der Waals surface area contributed by atoms with Gasteiger partial charge in [0.05, 0.1) is 16.7 Å². The van der Waals surface area contributed by atoms with Crippen molar-refractivity contribution in [3.63, 3.8) is 0 Å². The smallest absolute Gasteiger partial charge is 0.265 e. The van der Waals surface area contributed by atoms with Crippen LogP contribution in [0.15, 0.2) is 58.3 Å². The highest BCUT2D eigenvalue weighted by atomic mass is 32.2. The lowest BCUT2D eigenvalue weighted by Crippen LogP contribution is -2.44. The summed E-state index contributed by atoms with van der Waals surface area (Å²) in [6, 6.07) is 15.7. The number of nitrogens with one attached hydrogen (secondary N) is 1. The van der Waals surface area contributed by atoms with Crippen LogP contribution in [0.25, 0.3) is 6.08 Å². The summed E-state index contributed by atoms with van der Waals surface area (Å²) in [7, 11) is 0. The summed E-state index contributed by atoms with van der Waals surface area (Å²) in [5.74, 6) is -0.327. The molecule has 0 unspecified atom stereocenters. The molecule has 1 atom stereocenters. The normalized spacial score (nSPS) is 20.0. The number of benzene rings is 2. The Hall–Kier alpha value is -2.57. The van der Waals surface area contributed by atoms with E-state index in [0.717, 1.165) is 35.6 Å². The van der Waals surface area contributed by atoms with Crippen molar-refractivity contribution in [3.8, 4) is 0 Å². The summed E-state index contributed by atoms with van der Waals surface area (Å²) in [5, 5.41) is 2.91. The van der Waals surface area contributed by atoms with Crippen LogP contribution in [0.3, 0.4) is 0 Å². The number of carbonyl (C=O) groups excluding carboxylic acids is 2. The maximum atomic E-state index is 13.2. The van der Waals surface area contributed by atoms with Gasteiger partial charge in [0.25, 0.3) is 5.91 Å². The van der Waals surface area contributed by atoms with Gasteiger partial charge in [-0.15, -0.1) is 0 Å². The molecule has 0 aromatic heterocycles. The quantitative estimate of drug-likeness (QED) is 0.765. The van der Waals surface area contributed by atoms with Crippen LogP contribution in [-0.4, -0.2) is 37.6 Å². The Morgan fingerprint density at radius 1 is 1.24 bits per heavy atom. The zero-order chi connectivity index (χ0) is 20.2. The lowest BCUT2D eigenvalue weighted by Gasteiger charge is -2.30. The number of amides is 2. The second kappa shape index (κ2) is 8.84. The number of para-hydroxylation sites is 1. The Labute approximate surface area is 175 Å². The van der Waals surface area contributed by atoms with E-state index in [0.29, 0.717) is 11.4 Å². The number of nitrogens with zero attached hydrogens (tertiary/aromatic N) is 1. The third-order valence-electron chi connectivity index (χ3n) is 5.06. The first kappa shape index (κ1) is 19.7. The molecule has 2 amide bonds. The van der Waals surface area contributed by atoms with Crippen LogP contribution in [0.5, 0.6) is 0 Å². The number of anilines is 1. The molecule has 0 spiro atoms. The molecule has 0 saturated carbocycles. The average molecular weight is 409 g/mol. The number of fused-ring (bicyclic) bond motifs is 1. The van der Waals surface area contributed by atoms with Gasteiger partial charge in [0, 0.05) is 18.0 Å². The van der Waals surface area contributed by atoms with Crippen LogP contribution >= 0.6 is 11.8 Å². The van der Waals surface area contributed by atoms with Crippen molar-refractivity contribution in [2.45, 2.75) is 30.8 Å². The van der Waals surface area contributed by atoms with Crippen molar-refractivity contribution in [2.24, 2.45) is 0 Å². The van der Waals surface area contributed by atoms with E-state index in [1.807, 2.05) is 61.5 Å². The molecule has 0 aliphatic carbocycles. The summed E-state index contributed by atoms with van der Waals surface area (Å²) in [4.78, 5) is 28.9. The van der Waals surface area contributed by atoms with E-state index in [2.05, 4.69) is 5.32 Å². The zero-order valence-corrected chi connectivity index (χ0v) is 17.2. The molecule has 2 heterocycles. The van der Waals surface area contributed by atoms with Crippen LogP contribution in [0.4, 0.5) is 5.69 Å². The van der Waals surface area contributed by atoms with E-state index in [4.69, 9.17) is 4.74 Å². The van der Waals surface area contributed by atoms with Crippen molar-refractivity contribution in [1.82, 2.24) is 5.32 Å². The van der Waals surface area contributed by atoms with Crippen molar-refractivity contribution in [3.05, 3.63) is 64.6 Å². The van der Waals surface area contributed by atoms with E-state index in [1.165, 1.54) is 17.3 Å². The van der Waals surface area contributed by atoms with Crippen LogP contribution in [0, 0.1) is 6.92 Å². The van der Waals surface area contributed by atoms with Gasteiger partial charge in [-0.25, -0.2) is 0 Å². The molecule has 2 aliphatic rings. The molecular formula is C23H24N2O3S. The standard InChI is InChI=1S/C23H24N2O3S/c1-16-8-10-17(11-9-16)13-21-23(27)25(19-6-2-3-7-20(19)29-21)15-22(26)24-14-18-5-4-12-28-18/h2-3,6-11,13,18H,4-5,12,14-15H2,1H3,(H,24,26)/b21-13+/t18-/m1/s1. The molecule has 4 rings (SSSR count). The molecule has 0 bridgehead atoms. The average Bonchev–Trinajstić information content (AvgIpc) is 3.25. The molecule has 1 saturated heterocycles. The summed E-state index contributed by atoms with van der Waals surface area (Å²) >= 11 is 1.45. The largest absolute Gasteiger partial charge is 0.376 e. The minimum absolute atomic E-state index is 0.00559. The van der Waals surface area contributed by atoms with Crippen LogP contribution in [0.1, 0.15) is 24.0 Å². The van der Waals surface area contributed by atoms with Gasteiger partial charge in [-0.1, -0.05) is 53.7 Å². The lowest BCUT2D eigenvalue weighted by atomic mass is 10.1. The van der Waals surface area contributed by atoms with Crippen LogP contribution in [0.2, 0.25) is 0 Å². The lowest BCUT2D eigenvalue weighted by molar-refractivity contribution is -0.122. The fourth-order valence-corrected chi connectivity index (χ4v) is 4.52. The highest BCUT2D eigenvalue weighted by Gasteiger charge is 2.30. The number of hydrogen-bond acceptors (Lipinski definition) is 4. The first-order chi connectivity index (χ1) is 14.1. The fourth-order valence-electron chi connectivity index (χ4n) is 3.47. The van der Waals surface area contributed by atoms with Crippen LogP contribution in [-0.2, 0) is 14.3 Å². The van der Waals surface area contributed by atoms with Gasteiger partial charge < -0.3 is 10.1 Å². The molecule has 150 valence electrons. The summed E-state index contributed by atoms with van der Waals surface area (Å²) in [6.07, 6.45) is 3.96. The third kappa shape index (κ3) is 4.71. The van der Waals surface area contributed by atoms with Crippen molar-refractivity contribution >= 4 is 35.3 Å². The van der Waals surface area contributed by atoms with Crippen molar-refractivity contribution in [1.29, 1.82) is 0 Å². The maximum Gasteiger partial charge on any atom is 0.265 e. The molecule has 5 nitrogen and oxygen atoms in total. The summed E-state index contributed by atoms with van der Waals surface area (Å²) in [6.45, 7) is 3.27. The van der Waals surface area contributed by atoms with E-state index >= 15 is 0 Å². The molecule has 2 aromatic rings. The molecule has 0 radical (unpaired) electrons. The Kier molecular flexibility index (Phi) is 6.02. The minimum Gasteiger partial charge on any atom is -0.376 e. The Bertz CT molecular complexity index is 933. The number of hydrogen-bond donors (Lipinski definition) is 1. The van der Waals surface area contributed by atoms with E-state index in [1.54, 1.807) is 4.90 Å².